The van der Waals surface area contributed by atoms with Crippen molar-refractivity contribution in [3.05, 3.63) is 106 Å². The van der Waals surface area contributed by atoms with Crippen LogP contribution in [0.25, 0.3) is 11.3 Å². The zero-order chi connectivity index (χ0) is 25.9. The number of rotatable bonds is 7. The number of aromatic nitrogens is 1. The number of halogens is 3. The van der Waals surface area contributed by atoms with Gasteiger partial charge in [0.1, 0.15) is 23.4 Å². The predicted octanol–water partition coefficient (Wildman–Crippen LogP) is 6.79. The van der Waals surface area contributed by atoms with Crippen molar-refractivity contribution in [2.75, 3.05) is 11.9 Å². The van der Waals surface area contributed by atoms with Gasteiger partial charge in [0.05, 0.1) is 21.8 Å². The zero-order valence-electron chi connectivity index (χ0n) is 19.3. The molecule has 0 aliphatic carbocycles. The zero-order valence-corrected chi connectivity index (χ0v) is 21.7. The number of hydrogen-bond donors (Lipinski definition) is 2. The Bertz CT molecular complexity index is 1430. The van der Waals surface area contributed by atoms with Crippen LogP contribution in [0.15, 0.2) is 83.4 Å². The molecule has 2 aromatic carbocycles. The lowest BCUT2D eigenvalue weighted by Gasteiger charge is -2.25. The number of thiocarbonyl (C=S) groups is 1. The van der Waals surface area contributed by atoms with Crippen LogP contribution in [-0.2, 0) is 4.79 Å². The van der Waals surface area contributed by atoms with Crippen LogP contribution in [0.4, 0.5) is 10.1 Å². The molecule has 0 saturated carbocycles. The minimum atomic E-state index is -0.369. The first-order chi connectivity index (χ1) is 17.9. The van der Waals surface area contributed by atoms with Gasteiger partial charge in [-0.25, -0.2) is 4.39 Å². The number of furan rings is 1. The first-order valence-electron chi connectivity index (χ1n) is 11.5. The third kappa shape index (κ3) is 5.46. The summed E-state index contributed by atoms with van der Waals surface area (Å²) in [5.41, 5.74) is 1.98. The predicted molar refractivity (Wildman–Crippen MR) is 146 cm³/mol. The largest absolute Gasteiger partial charge is 0.459 e. The molecule has 1 fully saturated rings. The average molecular weight is 555 g/mol. The maximum atomic E-state index is 13.2. The maximum Gasteiger partial charge on any atom is 0.226 e. The van der Waals surface area contributed by atoms with Crippen LogP contribution in [0.1, 0.15) is 30.0 Å². The van der Waals surface area contributed by atoms with E-state index in [1.54, 1.807) is 18.3 Å². The van der Waals surface area contributed by atoms with Crippen LogP contribution in [0.3, 0.4) is 0 Å². The van der Waals surface area contributed by atoms with Crippen molar-refractivity contribution in [2.45, 2.75) is 18.5 Å². The van der Waals surface area contributed by atoms with Gasteiger partial charge in [0.15, 0.2) is 5.11 Å². The molecule has 0 unspecified atom stereocenters. The Hall–Kier alpha value is -3.46. The smallest absolute Gasteiger partial charge is 0.226 e. The van der Waals surface area contributed by atoms with E-state index < -0.39 is 0 Å². The Morgan fingerprint density at radius 3 is 2.65 bits per heavy atom. The number of nitrogens with zero attached hydrogens (tertiary/aromatic N) is 2. The topological polar surface area (TPSA) is 70.4 Å². The number of carbonyl (C=O) groups is 1. The highest BCUT2D eigenvalue weighted by Crippen LogP contribution is 2.42. The Balaban J connectivity index is 1.41. The lowest BCUT2D eigenvalue weighted by atomic mass is 10.0. The molecule has 1 aliphatic heterocycles. The number of carbonyl (C=O) groups excluding carboxylic acids is 1. The molecule has 37 heavy (non-hydrogen) atoms. The lowest BCUT2D eigenvalue weighted by Crippen LogP contribution is -2.32. The van der Waals surface area contributed by atoms with E-state index in [1.165, 1.54) is 24.3 Å². The van der Waals surface area contributed by atoms with Crippen LogP contribution in [0.2, 0.25) is 10.0 Å². The Morgan fingerprint density at radius 2 is 1.89 bits per heavy atom. The number of anilines is 1. The second-order valence-electron chi connectivity index (χ2n) is 8.43. The SMILES string of the molecule is O=C(CCN1C(=S)N[C@@H](c2ccccn2)[C@@H]1c1ccc(-c2cccc(Cl)c2Cl)o1)Nc1ccc(F)cc1. The highest BCUT2D eigenvalue weighted by molar-refractivity contribution is 7.80. The van der Waals surface area contributed by atoms with Crippen molar-refractivity contribution in [1.82, 2.24) is 15.2 Å². The van der Waals surface area contributed by atoms with Gasteiger partial charge >= 0.3 is 0 Å². The lowest BCUT2D eigenvalue weighted by molar-refractivity contribution is -0.116. The van der Waals surface area contributed by atoms with E-state index in [0.29, 0.717) is 44.5 Å². The van der Waals surface area contributed by atoms with E-state index in [9.17, 15) is 9.18 Å². The number of pyridine rings is 1. The molecule has 0 bridgehead atoms. The van der Waals surface area contributed by atoms with Crippen molar-refractivity contribution in [2.24, 2.45) is 0 Å². The Kier molecular flexibility index (Phi) is 7.41. The van der Waals surface area contributed by atoms with Crippen LogP contribution in [0.5, 0.6) is 0 Å². The molecule has 0 spiro atoms. The Morgan fingerprint density at radius 1 is 1.08 bits per heavy atom. The molecule has 5 rings (SSSR count). The van der Waals surface area contributed by atoms with E-state index in [0.717, 1.165) is 5.69 Å². The molecule has 2 aromatic heterocycles. The molecule has 6 nitrogen and oxygen atoms in total. The fourth-order valence-corrected chi connectivity index (χ4v) is 5.01. The molecule has 0 radical (unpaired) electrons. The van der Waals surface area contributed by atoms with Gasteiger partial charge in [0.2, 0.25) is 5.91 Å². The normalized spacial score (nSPS) is 17.1. The third-order valence-corrected chi connectivity index (χ3v) is 7.21. The van der Waals surface area contributed by atoms with E-state index in [1.807, 2.05) is 41.3 Å². The van der Waals surface area contributed by atoms with Crippen LogP contribution in [-0.4, -0.2) is 27.4 Å². The van der Waals surface area contributed by atoms with Gasteiger partial charge < -0.3 is 20.0 Å². The summed E-state index contributed by atoms with van der Waals surface area (Å²) >= 11 is 18.3. The van der Waals surface area contributed by atoms with Crippen molar-refractivity contribution < 1.29 is 13.6 Å². The number of benzene rings is 2. The molecule has 2 atom stereocenters. The number of hydrogen-bond acceptors (Lipinski definition) is 4. The maximum absolute atomic E-state index is 13.2. The van der Waals surface area contributed by atoms with Gasteiger partial charge in [0.25, 0.3) is 0 Å². The van der Waals surface area contributed by atoms with Crippen LogP contribution >= 0.6 is 35.4 Å². The molecule has 1 amide bonds. The standard InChI is InChI=1S/C27H21Cl2FN4O2S/c28-19-5-3-4-18(24(19)29)21-11-12-22(36-21)26-25(20-6-1-2-14-31-20)33-27(37)34(26)15-13-23(35)32-17-9-7-16(30)8-10-17/h1-12,14,25-26H,13,15H2,(H,32,35)(H,33,37)/t25-,26-/m0/s1. The molecule has 188 valence electrons. The van der Waals surface area contributed by atoms with Gasteiger partial charge in [-0.15, -0.1) is 0 Å². The van der Waals surface area contributed by atoms with Crippen molar-refractivity contribution in [1.29, 1.82) is 0 Å². The molecule has 1 aliphatic rings. The fourth-order valence-electron chi connectivity index (χ4n) is 4.28. The van der Waals surface area contributed by atoms with Gasteiger partial charge in [-0.1, -0.05) is 35.3 Å². The van der Waals surface area contributed by atoms with Gasteiger partial charge in [-0.05, 0) is 72.9 Å². The summed E-state index contributed by atoms with van der Waals surface area (Å²) in [7, 11) is 0. The minimum Gasteiger partial charge on any atom is -0.459 e. The van der Waals surface area contributed by atoms with Crippen molar-refractivity contribution in [3.8, 4) is 11.3 Å². The summed E-state index contributed by atoms with van der Waals surface area (Å²) in [6.07, 6.45) is 1.87. The summed E-state index contributed by atoms with van der Waals surface area (Å²) in [4.78, 5) is 19.1. The molecular weight excluding hydrogens is 534 g/mol. The third-order valence-electron chi connectivity index (χ3n) is 6.04. The van der Waals surface area contributed by atoms with E-state index in [-0.39, 0.29) is 30.2 Å². The van der Waals surface area contributed by atoms with Gasteiger partial charge in [0, 0.05) is 30.4 Å². The summed E-state index contributed by atoms with van der Waals surface area (Å²) in [5.74, 6) is 0.606. The summed E-state index contributed by atoms with van der Waals surface area (Å²) < 4.78 is 19.5. The highest BCUT2D eigenvalue weighted by Gasteiger charge is 2.41. The van der Waals surface area contributed by atoms with Crippen LogP contribution < -0.4 is 10.6 Å². The average Bonchev–Trinajstić information content (AvgIpc) is 3.51. The van der Waals surface area contributed by atoms with Crippen LogP contribution in [0, 0.1) is 5.82 Å². The summed E-state index contributed by atoms with van der Waals surface area (Å²) in [5, 5.41) is 7.43. The molecule has 2 N–H and O–H groups in total. The second kappa shape index (κ2) is 10.9. The molecule has 1 saturated heterocycles. The number of nitrogens with one attached hydrogen (secondary N) is 2. The van der Waals surface area contributed by atoms with Gasteiger partial charge in [-0.3, -0.25) is 9.78 Å². The first kappa shape index (κ1) is 25.2. The Labute approximate surface area is 228 Å². The minimum absolute atomic E-state index is 0.151. The fraction of sp³-hybridized carbons (Fsp3) is 0.148. The van der Waals surface area contributed by atoms with E-state index in [4.69, 9.17) is 39.8 Å². The molecular formula is C27H21Cl2FN4O2S. The van der Waals surface area contributed by atoms with E-state index in [2.05, 4.69) is 15.6 Å². The van der Waals surface area contributed by atoms with Gasteiger partial charge in [-0.2, -0.15) is 0 Å². The molecule has 10 heteroatoms. The first-order valence-corrected chi connectivity index (χ1v) is 12.6. The second-order valence-corrected chi connectivity index (χ2v) is 9.60. The summed E-state index contributed by atoms with van der Waals surface area (Å²) in [6.45, 7) is 0.320. The molecule has 4 aromatic rings. The monoisotopic (exact) mass is 554 g/mol. The highest BCUT2D eigenvalue weighted by atomic mass is 35.5. The quantitative estimate of drug-likeness (QED) is 0.245. The molecule has 3 heterocycles. The van der Waals surface area contributed by atoms with E-state index >= 15 is 0 Å². The number of amides is 1. The van der Waals surface area contributed by atoms with Crippen molar-refractivity contribution >= 4 is 52.1 Å². The van der Waals surface area contributed by atoms with Crippen molar-refractivity contribution in [3.63, 3.8) is 0 Å². The summed E-state index contributed by atoms with van der Waals surface area (Å²) in [6, 6.07) is 19.7.